The molecule has 0 amide bonds. The molecule has 1 atom stereocenters. The normalized spacial score (nSPS) is 12.2. The lowest BCUT2D eigenvalue weighted by molar-refractivity contribution is 0.554. The van der Waals surface area contributed by atoms with Gasteiger partial charge in [0, 0.05) is 10.6 Å². The predicted molar refractivity (Wildman–Crippen MR) is 81.7 cm³/mol. The average Bonchev–Trinajstić information content (AvgIpc) is 2.89. The first kappa shape index (κ1) is 13.9. The molecule has 0 aliphatic carbocycles. The van der Waals surface area contributed by atoms with E-state index in [0.717, 1.165) is 5.69 Å². The third-order valence-electron chi connectivity index (χ3n) is 2.93. The molecule has 0 radical (unpaired) electrons. The number of thiophene rings is 1. The maximum absolute atomic E-state index is 8.88. The number of benzene rings is 1. The van der Waals surface area contributed by atoms with Gasteiger partial charge in [-0.05, 0) is 35.6 Å². The largest absolute Gasteiger partial charge is 0.377 e. The van der Waals surface area contributed by atoms with E-state index in [1.807, 2.05) is 12.1 Å². The summed E-state index contributed by atoms with van der Waals surface area (Å²) in [5, 5.41) is 14.9. The summed E-state index contributed by atoms with van der Waals surface area (Å²) >= 11 is 7.80. The summed E-state index contributed by atoms with van der Waals surface area (Å²) < 4.78 is 0. The summed E-state index contributed by atoms with van der Waals surface area (Å²) in [5.74, 6) is 0.466. The molecule has 2 rings (SSSR count). The maximum atomic E-state index is 8.88. The van der Waals surface area contributed by atoms with Crippen LogP contribution in [0.15, 0.2) is 35.7 Å². The van der Waals surface area contributed by atoms with Crippen molar-refractivity contribution >= 4 is 28.6 Å². The molecule has 1 aromatic carbocycles. The van der Waals surface area contributed by atoms with Crippen molar-refractivity contribution in [3.8, 4) is 6.07 Å². The quantitative estimate of drug-likeness (QED) is 0.852. The Morgan fingerprint density at radius 2 is 2.11 bits per heavy atom. The van der Waals surface area contributed by atoms with Crippen LogP contribution in [0, 0.1) is 17.2 Å². The Morgan fingerprint density at radius 3 is 2.63 bits per heavy atom. The van der Waals surface area contributed by atoms with Crippen molar-refractivity contribution in [3.63, 3.8) is 0 Å². The highest BCUT2D eigenvalue weighted by Crippen LogP contribution is 2.31. The van der Waals surface area contributed by atoms with Gasteiger partial charge in [0.2, 0.25) is 0 Å². The smallest absolute Gasteiger partial charge is 0.101 e. The van der Waals surface area contributed by atoms with Crippen LogP contribution in [0.2, 0.25) is 5.02 Å². The van der Waals surface area contributed by atoms with Gasteiger partial charge in [0.05, 0.1) is 16.6 Å². The fraction of sp³-hybridized carbons (Fsp3) is 0.267. The van der Waals surface area contributed by atoms with Crippen LogP contribution in [0.5, 0.6) is 0 Å². The molecule has 2 aromatic rings. The van der Waals surface area contributed by atoms with Crippen molar-refractivity contribution in [2.45, 2.75) is 19.9 Å². The molecule has 2 nitrogen and oxygen atoms in total. The average molecular weight is 291 g/mol. The molecule has 98 valence electrons. The summed E-state index contributed by atoms with van der Waals surface area (Å²) in [5.41, 5.74) is 1.44. The molecule has 19 heavy (non-hydrogen) atoms. The van der Waals surface area contributed by atoms with Crippen LogP contribution in [-0.4, -0.2) is 0 Å². The van der Waals surface area contributed by atoms with E-state index in [2.05, 4.69) is 42.7 Å². The third kappa shape index (κ3) is 3.28. The minimum absolute atomic E-state index is 0.254. The van der Waals surface area contributed by atoms with Crippen LogP contribution in [0.1, 0.15) is 30.3 Å². The van der Waals surface area contributed by atoms with E-state index >= 15 is 0 Å². The molecule has 0 aliphatic heterocycles. The van der Waals surface area contributed by atoms with Crippen LogP contribution in [0.25, 0.3) is 0 Å². The lowest BCUT2D eigenvalue weighted by atomic mass is 10.0. The molecule has 0 bridgehead atoms. The van der Waals surface area contributed by atoms with Crippen LogP contribution in [0.4, 0.5) is 5.69 Å². The van der Waals surface area contributed by atoms with Gasteiger partial charge >= 0.3 is 0 Å². The number of nitriles is 1. The standard InChI is InChI=1S/C15H15ClN2S/c1-10(2)15(14-4-3-7-19-14)18-12-6-5-11(9-17)13(16)8-12/h3-8,10,15,18H,1-2H3. The van der Waals surface area contributed by atoms with Crippen molar-refractivity contribution in [1.82, 2.24) is 0 Å². The van der Waals surface area contributed by atoms with Crippen LogP contribution >= 0.6 is 22.9 Å². The van der Waals surface area contributed by atoms with Gasteiger partial charge in [-0.25, -0.2) is 0 Å². The van der Waals surface area contributed by atoms with E-state index in [9.17, 15) is 0 Å². The molecule has 0 saturated carbocycles. The second-order valence-electron chi connectivity index (χ2n) is 4.69. The number of hydrogen-bond donors (Lipinski definition) is 1. The maximum Gasteiger partial charge on any atom is 0.101 e. The molecule has 0 saturated heterocycles. The first-order chi connectivity index (χ1) is 9.11. The summed E-state index contributed by atoms with van der Waals surface area (Å²) in [4.78, 5) is 1.30. The van der Waals surface area contributed by atoms with Gasteiger partial charge in [0.1, 0.15) is 6.07 Å². The highest BCUT2D eigenvalue weighted by atomic mass is 35.5. The second-order valence-corrected chi connectivity index (χ2v) is 6.07. The Bertz CT molecular complexity index is 585. The molecule has 1 aromatic heterocycles. The second kappa shape index (κ2) is 6.10. The molecule has 4 heteroatoms. The Balaban J connectivity index is 2.23. The van der Waals surface area contributed by atoms with Gasteiger partial charge in [0.25, 0.3) is 0 Å². The molecular formula is C15H15ClN2S. The van der Waals surface area contributed by atoms with Crippen molar-refractivity contribution < 1.29 is 0 Å². The molecule has 0 aliphatic rings. The van der Waals surface area contributed by atoms with Gasteiger partial charge < -0.3 is 5.32 Å². The van der Waals surface area contributed by atoms with E-state index in [4.69, 9.17) is 16.9 Å². The van der Waals surface area contributed by atoms with Crippen molar-refractivity contribution in [3.05, 3.63) is 51.2 Å². The van der Waals surface area contributed by atoms with E-state index in [-0.39, 0.29) is 6.04 Å². The summed E-state index contributed by atoms with van der Waals surface area (Å²) in [7, 11) is 0. The molecule has 1 heterocycles. The zero-order chi connectivity index (χ0) is 13.8. The Labute approximate surface area is 122 Å². The van der Waals surface area contributed by atoms with E-state index in [1.54, 1.807) is 17.4 Å². The van der Waals surface area contributed by atoms with Crippen LogP contribution < -0.4 is 5.32 Å². The molecule has 0 fully saturated rings. The number of halogens is 1. The number of nitrogens with one attached hydrogen (secondary N) is 1. The van der Waals surface area contributed by atoms with Gasteiger partial charge in [-0.1, -0.05) is 31.5 Å². The summed E-state index contributed by atoms with van der Waals surface area (Å²) in [6.45, 7) is 4.37. The fourth-order valence-electron chi connectivity index (χ4n) is 1.91. The highest BCUT2D eigenvalue weighted by molar-refractivity contribution is 7.10. The first-order valence-electron chi connectivity index (χ1n) is 6.11. The number of anilines is 1. The molecule has 0 spiro atoms. The van der Waals surface area contributed by atoms with Crippen molar-refractivity contribution in [2.75, 3.05) is 5.32 Å². The summed E-state index contributed by atoms with van der Waals surface area (Å²) in [6.07, 6.45) is 0. The lowest BCUT2D eigenvalue weighted by Gasteiger charge is -2.22. The molecule has 1 N–H and O–H groups in total. The zero-order valence-electron chi connectivity index (χ0n) is 10.9. The van der Waals surface area contributed by atoms with Gasteiger partial charge in [0.15, 0.2) is 0 Å². The topological polar surface area (TPSA) is 35.8 Å². The molecule has 1 unspecified atom stereocenters. The summed E-state index contributed by atoms with van der Waals surface area (Å²) in [6, 6.07) is 12.0. The van der Waals surface area contributed by atoms with Crippen LogP contribution in [0.3, 0.4) is 0 Å². The zero-order valence-corrected chi connectivity index (χ0v) is 12.4. The number of rotatable bonds is 4. The van der Waals surface area contributed by atoms with Gasteiger partial charge in [-0.3, -0.25) is 0 Å². The Morgan fingerprint density at radius 1 is 1.32 bits per heavy atom. The SMILES string of the molecule is CC(C)C(Nc1ccc(C#N)c(Cl)c1)c1cccs1. The lowest BCUT2D eigenvalue weighted by Crippen LogP contribution is -2.15. The van der Waals surface area contributed by atoms with Gasteiger partial charge in [-0.2, -0.15) is 5.26 Å². The minimum Gasteiger partial charge on any atom is -0.377 e. The Hall–Kier alpha value is -1.50. The Kier molecular flexibility index (Phi) is 4.47. The van der Waals surface area contributed by atoms with Crippen molar-refractivity contribution in [2.24, 2.45) is 5.92 Å². The number of hydrogen-bond acceptors (Lipinski definition) is 3. The minimum atomic E-state index is 0.254. The third-order valence-corrected chi connectivity index (χ3v) is 4.20. The van der Waals surface area contributed by atoms with Crippen molar-refractivity contribution in [1.29, 1.82) is 5.26 Å². The van der Waals surface area contributed by atoms with Crippen LogP contribution in [-0.2, 0) is 0 Å². The van der Waals surface area contributed by atoms with E-state index in [0.29, 0.717) is 16.5 Å². The number of nitrogens with zero attached hydrogens (tertiary/aromatic N) is 1. The van der Waals surface area contributed by atoms with E-state index in [1.165, 1.54) is 4.88 Å². The highest BCUT2D eigenvalue weighted by Gasteiger charge is 2.16. The first-order valence-corrected chi connectivity index (χ1v) is 7.37. The molecular weight excluding hydrogens is 276 g/mol. The monoisotopic (exact) mass is 290 g/mol. The van der Waals surface area contributed by atoms with E-state index < -0.39 is 0 Å². The predicted octanol–water partition coefficient (Wildman–Crippen LogP) is 5.08. The fourth-order valence-corrected chi connectivity index (χ4v) is 3.08. The van der Waals surface area contributed by atoms with Gasteiger partial charge in [-0.15, -0.1) is 11.3 Å².